The summed E-state index contributed by atoms with van der Waals surface area (Å²) in [6.45, 7) is 5.53. The molecule has 0 atom stereocenters. The van der Waals surface area contributed by atoms with Crippen molar-refractivity contribution in [2.24, 2.45) is 0 Å². The van der Waals surface area contributed by atoms with Crippen LogP contribution in [0.1, 0.15) is 17.3 Å². The number of nitrogens with two attached hydrogens (primary N) is 1. The fourth-order valence-corrected chi connectivity index (χ4v) is 3.01. The Morgan fingerprint density at radius 1 is 1.00 bits per heavy atom. The number of carbonyl (C=O) groups excluding carboxylic acids is 1. The van der Waals surface area contributed by atoms with Crippen molar-refractivity contribution >= 4 is 42.1 Å². The minimum absolute atomic E-state index is 0. The molecule has 2 aromatic rings. The Labute approximate surface area is 166 Å². The van der Waals surface area contributed by atoms with Gasteiger partial charge in [-0.3, -0.25) is 4.79 Å². The number of para-hydroxylation sites is 3. The molecule has 0 saturated carbocycles. The van der Waals surface area contributed by atoms with E-state index in [4.69, 9.17) is 10.5 Å². The summed E-state index contributed by atoms with van der Waals surface area (Å²) in [5, 5.41) is 0. The number of nitrogen functional groups attached to an aromatic ring is 1. The van der Waals surface area contributed by atoms with Crippen LogP contribution >= 0.6 is 24.8 Å². The molecule has 2 N–H and O–H groups in total. The third kappa shape index (κ3) is 4.74. The number of hydrogen-bond acceptors (Lipinski definition) is 4. The van der Waals surface area contributed by atoms with Gasteiger partial charge in [-0.25, -0.2) is 0 Å². The van der Waals surface area contributed by atoms with Crippen LogP contribution in [0.2, 0.25) is 0 Å². The average Bonchev–Trinajstić information content (AvgIpc) is 2.63. The topological polar surface area (TPSA) is 58.8 Å². The SMILES string of the molecule is CCOc1ccccc1N1CCN(C(=O)c2ccccc2N)CC1.Cl.Cl. The van der Waals surface area contributed by atoms with Crippen LogP contribution in [-0.4, -0.2) is 43.6 Å². The summed E-state index contributed by atoms with van der Waals surface area (Å²) in [6, 6.07) is 15.3. The number of anilines is 2. The van der Waals surface area contributed by atoms with E-state index in [0.29, 0.717) is 30.9 Å². The molecule has 26 heavy (non-hydrogen) atoms. The van der Waals surface area contributed by atoms with Crippen LogP contribution in [0.3, 0.4) is 0 Å². The summed E-state index contributed by atoms with van der Waals surface area (Å²) in [7, 11) is 0. The molecule has 3 rings (SSSR count). The van der Waals surface area contributed by atoms with E-state index in [2.05, 4.69) is 11.0 Å². The largest absolute Gasteiger partial charge is 0.492 e. The number of benzene rings is 2. The molecule has 0 spiro atoms. The summed E-state index contributed by atoms with van der Waals surface area (Å²) in [5.74, 6) is 0.901. The fraction of sp³-hybridized carbons (Fsp3) is 0.316. The number of ether oxygens (including phenoxy) is 1. The molecule has 0 radical (unpaired) electrons. The first-order valence-corrected chi connectivity index (χ1v) is 8.31. The Hall–Kier alpha value is -2.11. The van der Waals surface area contributed by atoms with Crippen LogP contribution in [-0.2, 0) is 0 Å². The lowest BCUT2D eigenvalue weighted by Gasteiger charge is -2.36. The number of rotatable bonds is 4. The summed E-state index contributed by atoms with van der Waals surface area (Å²) in [5.41, 5.74) is 8.13. The first kappa shape index (κ1) is 21.9. The highest BCUT2D eigenvalue weighted by Crippen LogP contribution is 2.29. The second-order valence-corrected chi connectivity index (χ2v) is 5.77. The molecular formula is C19H25Cl2N3O2. The minimum atomic E-state index is 0. The Kier molecular flexibility index (Phi) is 8.55. The van der Waals surface area contributed by atoms with Crippen LogP contribution < -0.4 is 15.4 Å². The molecule has 1 saturated heterocycles. The highest BCUT2D eigenvalue weighted by atomic mass is 35.5. The van der Waals surface area contributed by atoms with Crippen LogP contribution in [0.25, 0.3) is 0 Å². The van der Waals surface area contributed by atoms with Gasteiger partial charge in [0.2, 0.25) is 0 Å². The van der Waals surface area contributed by atoms with Crippen molar-refractivity contribution in [1.29, 1.82) is 0 Å². The first-order chi connectivity index (χ1) is 11.7. The maximum atomic E-state index is 12.6. The maximum Gasteiger partial charge on any atom is 0.256 e. The van der Waals surface area contributed by atoms with Gasteiger partial charge in [-0.2, -0.15) is 0 Å². The number of piperazine rings is 1. The molecule has 1 aliphatic rings. The van der Waals surface area contributed by atoms with Crippen molar-refractivity contribution in [3.8, 4) is 5.75 Å². The van der Waals surface area contributed by atoms with Gasteiger partial charge in [0.05, 0.1) is 17.9 Å². The van der Waals surface area contributed by atoms with Crippen LogP contribution in [0, 0.1) is 0 Å². The normalized spacial score (nSPS) is 13.4. The molecule has 5 nitrogen and oxygen atoms in total. The Balaban J connectivity index is 0.00000169. The molecule has 1 heterocycles. The van der Waals surface area contributed by atoms with Gasteiger partial charge in [0, 0.05) is 31.9 Å². The van der Waals surface area contributed by atoms with Crippen LogP contribution in [0.5, 0.6) is 5.75 Å². The Morgan fingerprint density at radius 3 is 2.27 bits per heavy atom. The van der Waals surface area contributed by atoms with Gasteiger partial charge >= 0.3 is 0 Å². The van der Waals surface area contributed by atoms with Crippen LogP contribution in [0.15, 0.2) is 48.5 Å². The van der Waals surface area contributed by atoms with E-state index in [0.717, 1.165) is 24.5 Å². The standard InChI is InChI=1S/C19H23N3O2.2ClH/c1-2-24-18-10-6-5-9-17(18)21-11-13-22(14-12-21)19(23)15-7-3-4-8-16(15)20;;/h3-10H,2,11-14,20H2,1H3;2*1H. The summed E-state index contributed by atoms with van der Waals surface area (Å²) in [6.07, 6.45) is 0. The van der Waals surface area contributed by atoms with Gasteiger partial charge in [0.1, 0.15) is 5.75 Å². The molecule has 142 valence electrons. The molecule has 0 aliphatic carbocycles. The molecule has 2 aromatic carbocycles. The highest BCUT2D eigenvalue weighted by Gasteiger charge is 2.24. The lowest BCUT2D eigenvalue weighted by Crippen LogP contribution is -2.49. The molecule has 0 aromatic heterocycles. The maximum absolute atomic E-state index is 12.6. The van der Waals surface area contributed by atoms with Gasteiger partial charge in [-0.1, -0.05) is 24.3 Å². The molecule has 0 bridgehead atoms. The number of nitrogens with zero attached hydrogens (tertiary/aromatic N) is 2. The zero-order valence-electron chi connectivity index (χ0n) is 14.8. The number of carbonyl (C=O) groups is 1. The number of halogens is 2. The van der Waals surface area contributed by atoms with Crippen molar-refractivity contribution in [3.05, 3.63) is 54.1 Å². The third-order valence-electron chi connectivity index (χ3n) is 4.26. The van der Waals surface area contributed by atoms with E-state index in [1.807, 2.05) is 42.2 Å². The van der Waals surface area contributed by atoms with Crippen molar-refractivity contribution in [1.82, 2.24) is 4.90 Å². The fourth-order valence-electron chi connectivity index (χ4n) is 3.01. The van der Waals surface area contributed by atoms with Gasteiger partial charge < -0.3 is 20.3 Å². The van der Waals surface area contributed by atoms with Gasteiger partial charge in [-0.15, -0.1) is 24.8 Å². The minimum Gasteiger partial charge on any atom is -0.492 e. The zero-order chi connectivity index (χ0) is 16.9. The highest BCUT2D eigenvalue weighted by molar-refractivity contribution is 5.99. The van der Waals surface area contributed by atoms with Gasteiger partial charge in [0.15, 0.2) is 0 Å². The smallest absolute Gasteiger partial charge is 0.256 e. The molecule has 1 fully saturated rings. The molecule has 1 aliphatic heterocycles. The molecule has 7 heteroatoms. The van der Waals surface area contributed by atoms with Gasteiger partial charge in [0.25, 0.3) is 5.91 Å². The second-order valence-electron chi connectivity index (χ2n) is 5.77. The van der Waals surface area contributed by atoms with E-state index >= 15 is 0 Å². The summed E-state index contributed by atoms with van der Waals surface area (Å²) >= 11 is 0. The monoisotopic (exact) mass is 397 g/mol. The van der Waals surface area contributed by atoms with E-state index in [9.17, 15) is 4.79 Å². The lowest BCUT2D eigenvalue weighted by molar-refractivity contribution is 0.0747. The summed E-state index contributed by atoms with van der Waals surface area (Å²) in [4.78, 5) is 16.8. The zero-order valence-corrected chi connectivity index (χ0v) is 16.4. The Morgan fingerprint density at radius 2 is 1.62 bits per heavy atom. The number of amides is 1. The molecule has 0 unspecified atom stereocenters. The molecule has 1 amide bonds. The van der Waals surface area contributed by atoms with Crippen molar-refractivity contribution < 1.29 is 9.53 Å². The van der Waals surface area contributed by atoms with E-state index in [-0.39, 0.29) is 30.7 Å². The predicted octanol–water partition coefficient (Wildman–Crippen LogP) is 3.47. The van der Waals surface area contributed by atoms with E-state index in [1.165, 1.54) is 0 Å². The predicted molar refractivity (Wildman–Crippen MR) is 111 cm³/mol. The van der Waals surface area contributed by atoms with E-state index < -0.39 is 0 Å². The van der Waals surface area contributed by atoms with Crippen molar-refractivity contribution in [3.63, 3.8) is 0 Å². The molecular weight excluding hydrogens is 373 g/mol. The van der Waals surface area contributed by atoms with Crippen molar-refractivity contribution in [2.75, 3.05) is 43.4 Å². The van der Waals surface area contributed by atoms with E-state index in [1.54, 1.807) is 12.1 Å². The second kappa shape index (κ2) is 10.1. The average molecular weight is 398 g/mol. The Bertz CT molecular complexity index is 719. The third-order valence-corrected chi connectivity index (χ3v) is 4.26. The van der Waals surface area contributed by atoms with Crippen molar-refractivity contribution in [2.45, 2.75) is 6.92 Å². The first-order valence-electron chi connectivity index (χ1n) is 8.31. The summed E-state index contributed by atoms with van der Waals surface area (Å²) < 4.78 is 5.71. The quantitative estimate of drug-likeness (QED) is 0.802. The lowest BCUT2D eigenvalue weighted by atomic mass is 10.1. The van der Waals surface area contributed by atoms with Crippen LogP contribution in [0.4, 0.5) is 11.4 Å². The number of hydrogen-bond donors (Lipinski definition) is 1. The van der Waals surface area contributed by atoms with Gasteiger partial charge in [-0.05, 0) is 31.2 Å².